The Balaban J connectivity index is 4.41. The number of carboxylic acids is 1. The summed E-state index contributed by atoms with van der Waals surface area (Å²) < 4.78 is 10.7. The van der Waals surface area contributed by atoms with Crippen LogP contribution < -0.4 is 5.11 Å². The average molecular weight is 226 g/mol. The number of rotatable bonds is 6. The van der Waals surface area contributed by atoms with Gasteiger partial charge in [-0.25, -0.2) is 4.57 Å². The first-order valence-electron chi connectivity index (χ1n) is 3.97. The van der Waals surface area contributed by atoms with E-state index in [9.17, 15) is 14.5 Å². The van der Waals surface area contributed by atoms with Gasteiger partial charge in [-0.2, -0.15) is 0 Å². The molecule has 84 valence electrons. The molecule has 7 nitrogen and oxygen atoms in total. The van der Waals surface area contributed by atoms with Gasteiger partial charge in [-0.1, -0.05) is 11.8 Å². The van der Waals surface area contributed by atoms with E-state index in [0.717, 1.165) is 0 Å². The van der Waals surface area contributed by atoms with E-state index in [1.807, 2.05) is 0 Å². The van der Waals surface area contributed by atoms with Gasteiger partial charge in [0.05, 0.1) is 18.6 Å². The molecular weight excluding hydrogens is 213 g/mol. The van der Waals surface area contributed by atoms with E-state index in [0.29, 0.717) is 6.42 Å². The number of hydroxylamine groups is 1. The zero-order valence-corrected chi connectivity index (χ0v) is 8.81. The summed E-state index contributed by atoms with van der Waals surface area (Å²) in [5, 5.41) is 10.2. The molecule has 0 aliphatic rings. The number of carboxylic acid groups (broad SMARTS) is 1. The monoisotopic (exact) mass is 226 g/mol. The van der Waals surface area contributed by atoms with Crippen molar-refractivity contribution in [1.29, 1.82) is 0 Å². The van der Waals surface area contributed by atoms with E-state index in [4.69, 9.17) is 14.6 Å². The molecule has 0 saturated heterocycles. The minimum absolute atomic E-state index is 0.122. The Kier molecular flexibility index (Phi) is 5.25. The molecule has 0 aromatic carbocycles. The van der Waals surface area contributed by atoms with Crippen molar-refractivity contribution in [2.75, 3.05) is 6.54 Å². The fourth-order valence-corrected chi connectivity index (χ4v) is 1.17. The molecule has 0 rings (SSSR count). The summed E-state index contributed by atoms with van der Waals surface area (Å²) in [6, 6.07) is 0. The van der Waals surface area contributed by atoms with Crippen molar-refractivity contribution in [1.82, 2.24) is 4.83 Å². The summed E-state index contributed by atoms with van der Waals surface area (Å²) >= 11 is 0. The molecule has 8 heteroatoms. The lowest BCUT2D eigenvalue weighted by atomic mass is 10.3. The summed E-state index contributed by atoms with van der Waals surface area (Å²) in [5.74, 6) is -1.61. The van der Waals surface area contributed by atoms with Gasteiger partial charge in [0.15, 0.2) is 0 Å². The first-order valence-corrected chi connectivity index (χ1v) is 5.54. The number of carbonyl (C=O) groups excluding carboxylic acids is 1. The number of hydrogen-bond acceptors (Lipinski definition) is 4. The second-order valence-corrected chi connectivity index (χ2v) is 4.19. The Morgan fingerprint density at radius 2 is 2.14 bits per heavy atom. The first-order chi connectivity index (χ1) is 6.27. The van der Waals surface area contributed by atoms with Crippen molar-refractivity contribution in [3.05, 3.63) is 0 Å². The molecule has 0 aromatic heterocycles. The predicted molar refractivity (Wildman–Crippen MR) is 44.6 cm³/mol. The van der Waals surface area contributed by atoms with Gasteiger partial charge in [0.25, 0.3) is 0 Å². The molecule has 0 fully saturated rings. The predicted octanol–water partition coefficient (Wildman–Crippen LogP) is -1.14. The Hall–Kier alpha value is -0.460. The summed E-state index contributed by atoms with van der Waals surface area (Å²) in [7, 11) is -4.71. The Bertz CT molecular complexity index is 238. The van der Waals surface area contributed by atoms with Crippen LogP contribution in [0.5, 0.6) is 0 Å². The van der Waals surface area contributed by atoms with Crippen molar-refractivity contribution in [3.8, 4) is 0 Å². The van der Waals surface area contributed by atoms with Crippen LogP contribution in [0.15, 0.2) is 0 Å². The zero-order chi connectivity index (χ0) is 11.4. The van der Waals surface area contributed by atoms with Gasteiger partial charge in [-0.05, 0) is 13.3 Å². The smallest absolute Gasteiger partial charge is 0.426 e. The minimum atomic E-state index is -4.71. The van der Waals surface area contributed by atoms with Crippen molar-refractivity contribution in [2.45, 2.75) is 26.4 Å². The molecule has 0 radical (unpaired) electrons. The van der Waals surface area contributed by atoms with Crippen LogP contribution in [0.25, 0.3) is 0 Å². The Morgan fingerprint density at radius 1 is 1.64 bits per heavy atom. The molecule has 14 heavy (non-hydrogen) atoms. The van der Waals surface area contributed by atoms with Crippen LogP contribution in [0.1, 0.15) is 20.3 Å². The van der Waals surface area contributed by atoms with E-state index in [1.54, 1.807) is 13.8 Å². The van der Waals surface area contributed by atoms with Crippen molar-refractivity contribution in [3.63, 3.8) is 0 Å². The number of carbonyl (C=O) groups is 1. The SMILES string of the molecule is CCC(C)ON(CC(=O)[O-])P(=O)(O)O. The highest BCUT2D eigenvalue weighted by atomic mass is 31.2. The van der Waals surface area contributed by atoms with Gasteiger partial charge in [-0.3, -0.25) is 4.84 Å². The molecule has 0 aliphatic carbocycles. The zero-order valence-electron chi connectivity index (χ0n) is 7.91. The lowest BCUT2D eigenvalue weighted by Gasteiger charge is -2.25. The van der Waals surface area contributed by atoms with Gasteiger partial charge in [-0.15, -0.1) is 0 Å². The summed E-state index contributed by atoms with van der Waals surface area (Å²) in [6.45, 7) is 2.34. The maximum Gasteiger partial charge on any atom is 0.426 e. The highest BCUT2D eigenvalue weighted by Gasteiger charge is 2.28. The molecular formula is C6H13NO6P-. The molecule has 0 amide bonds. The molecule has 0 aromatic rings. The van der Waals surface area contributed by atoms with Crippen LogP contribution in [0, 0.1) is 0 Å². The maximum atomic E-state index is 10.7. The molecule has 0 bridgehead atoms. The highest BCUT2D eigenvalue weighted by molar-refractivity contribution is 7.48. The van der Waals surface area contributed by atoms with Crippen LogP contribution in [0.4, 0.5) is 0 Å². The van der Waals surface area contributed by atoms with Crippen LogP contribution in [-0.2, 0) is 14.2 Å². The molecule has 0 spiro atoms. The van der Waals surface area contributed by atoms with Gasteiger partial charge < -0.3 is 19.7 Å². The summed E-state index contributed by atoms with van der Waals surface area (Å²) in [5.41, 5.74) is 0. The molecule has 1 unspecified atom stereocenters. The summed E-state index contributed by atoms with van der Waals surface area (Å²) in [6.07, 6.45) is 0.0331. The average Bonchev–Trinajstić information content (AvgIpc) is 2.00. The van der Waals surface area contributed by atoms with Gasteiger partial charge in [0.2, 0.25) is 0 Å². The van der Waals surface area contributed by atoms with Crippen LogP contribution in [0.3, 0.4) is 0 Å². The summed E-state index contributed by atoms with van der Waals surface area (Å²) in [4.78, 5) is 32.4. The fraction of sp³-hybridized carbons (Fsp3) is 0.833. The van der Waals surface area contributed by atoms with E-state index in [2.05, 4.69) is 0 Å². The second kappa shape index (κ2) is 5.43. The topological polar surface area (TPSA) is 110 Å². The third-order valence-electron chi connectivity index (χ3n) is 1.43. The van der Waals surface area contributed by atoms with Crippen molar-refractivity contribution in [2.24, 2.45) is 0 Å². The fourth-order valence-electron chi connectivity index (χ4n) is 0.583. The molecule has 0 aliphatic heterocycles. The quantitative estimate of drug-likeness (QED) is 0.435. The first kappa shape index (κ1) is 13.5. The lowest BCUT2D eigenvalue weighted by Crippen LogP contribution is -2.37. The van der Waals surface area contributed by atoms with Gasteiger partial charge in [0.1, 0.15) is 0 Å². The second-order valence-electron chi connectivity index (χ2n) is 2.72. The maximum absolute atomic E-state index is 10.7. The largest absolute Gasteiger partial charge is 0.549 e. The van der Waals surface area contributed by atoms with Crippen LogP contribution >= 0.6 is 7.75 Å². The standard InChI is InChI=1S/C6H14NO6P/c1-3-5(2)13-7(4-6(8)9)14(10,11)12/h5H,3-4H2,1-2H3,(H,8,9)(H2,10,11,12)/p-1. The van der Waals surface area contributed by atoms with Crippen molar-refractivity contribution >= 4 is 13.7 Å². The van der Waals surface area contributed by atoms with E-state index < -0.39 is 26.4 Å². The van der Waals surface area contributed by atoms with Crippen LogP contribution in [0.2, 0.25) is 0 Å². The molecule has 0 saturated carbocycles. The van der Waals surface area contributed by atoms with E-state index in [1.165, 1.54) is 0 Å². The van der Waals surface area contributed by atoms with Gasteiger partial charge >= 0.3 is 7.75 Å². The Labute approximate surface area is 81.5 Å². The number of hydrogen-bond donors (Lipinski definition) is 2. The third-order valence-corrected chi connectivity index (χ3v) is 2.25. The molecule has 2 N–H and O–H groups in total. The highest BCUT2D eigenvalue weighted by Crippen LogP contribution is 2.40. The number of aliphatic carboxylic acids is 1. The normalized spacial score (nSPS) is 14.4. The van der Waals surface area contributed by atoms with E-state index >= 15 is 0 Å². The lowest BCUT2D eigenvalue weighted by molar-refractivity contribution is -0.311. The Morgan fingerprint density at radius 3 is 2.43 bits per heavy atom. The molecule has 1 atom stereocenters. The molecule has 0 heterocycles. The van der Waals surface area contributed by atoms with Gasteiger partial charge in [0, 0.05) is 0 Å². The minimum Gasteiger partial charge on any atom is -0.549 e. The number of nitrogens with zero attached hydrogens (tertiary/aromatic N) is 1. The van der Waals surface area contributed by atoms with Crippen LogP contribution in [-0.4, -0.2) is 33.2 Å². The van der Waals surface area contributed by atoms with Crippen molar-refractivity contribution < 1.29 is 29.1 Å². The third kappa shape index (κ3) is 5.31. The van der Waals surface area contributed by atoms with E-state index in [-0.39, 0.29) is 4.83 Å².